The van der Waals surface area contributed by atoms with Gasteiger partial charge in [0.15, 0.2) is 0 Å². The molecule has 0 bridgehead atoms. The second kappa shape index (κ2) is 7.59. The predicted octanol–water partition coefficient (Wildman–Crippen LogP) is 3.24. The Labute approximate surface area is 178 Å². The van der Waals surface area contributed by atoms with E-state index < -0.39 is 0 Å². The number of rotatable bonds is 5. The number of aromatic nitrogens is 3. The van der Waals surface area contributed by atoms with Gasteiger partial charge in [0.1, 0.15) is 12.1 Å². The molecule has 2 aromatic heterocycles. The summed E-state index contributed by atoms with van der Waals surface area (Å²) in [7, 11) is 0. The largest absolute Gasteiger partial charge is 0.383 e. The van der Waals surface area contributed by atoms with Crippen LogP contribution in [0.3, 0.4) is 0 Å². The fourth-order valence-corrected chi connectivity index (χ4v) is 4.20. The van der Waals surface area contributed by atoms with E-state index in [2.05, 4.69) is 26.3 Å². The molecule has 0 radical (unpaired) electrons. The second-order valence-corrected chi connectivity index (χ2v) is 8.05. The van der Waals surface area contributed by atoms with E-state index in [4.69, 9.17) is 17.3 Å². The van der Waals surface area contributed by atoms with E-state index in [1.807, 2.05) is 41.3 Å². The Morgan fingerprint density at radius 3 is 3.00 bits per heavy atom. The van der Waals surface area contributed by atoms with E-state index in [1.54, 1.807) is 0 Å². The maximum absolute atomic E-state index is 12.9. The van der Waals surface area contributed by atoms with Gasteiger partial charge in [-0.25, -0.2) is 9.97 Å². The lowest BCUT2D eigenvalue weighted by atomic mass is 10.1. The van der Waals surface area contributed by atoms with Gasteiger partial charge in [0.05, 0.1) is 11.6 Å². The molecule has 2 aromatic carbocycles. The van der Waals surface area contributed by atoms with Crippen LogP contribution in [0, 0.1) is 0 Å². The van der Waals surface area contributed by atoms with Crippen molar-refractivity contribution in [2.24, 2.45) is 0 Å². The van der Waals surface area contributed by atoms with Crippen molar-refractivity contribution in [3.05, 3.63) is 65.1 Å². The lowest BCUT2D eigenvalue weighted by Gasteiger charge is -2.17. The Balaban J connectivity index is 1.23. The third-order valence-electron chi connectivity index (χ3n) is 5.58. The van der Waals surface area contributed by atoms with Crippen molar-refractivity contribution < 1.29 is 4.79 Å². The zero-order valence-electron chi connectivity index (χ0n) is 16.2. The van der Waals surface area contributed by atoms with Gasteiger partial charge in [-0.15, -0.1) is 0 Å². The third kappa shape index (κ3) is 3.58. The Bertz CT molecular complexity index is 1250. The monoisotopic (exact) mass is 420 g/mol. The molecular weight excluding hydrogens is 400 g/mol. The molecular formula is C22H21ClN6O. The van der Waals surface area contributed by atoms with Gasteiger partial charge in [-0.2, -0.15) is 0 Å². The number of nitrogens with two attached hydrogens (primary N) is 1. The predicted molar refractivity (Wildman–Crippen MR) is 118 cm³/mol. The summed E-state index contributed by atoms with van der Waals surface area (Å²) in [5.74, 6) is 0.587. The summed E-state index contributed by atoms with van der Waals surface area (Å²) >= 11 is 6.06. The molecule has 152 valence electrons. The zero-order valence-corrected chi connectivity index (χ0v) is 17.0. The number of carbonyl (C=O) groups is 1. The molecule has 1 aliphatic heterocycles. The Morgan fingerprint density at radius 1 is 1.20 bits per heavy atom. The van der Waals surface area contributed by atoms with Gasteiger partial charge >= 0.3 is 0 Å². The number of likely N-dealkylation sites (tertiary alicyclic amines) is 1. The number of nitrogens with one attached hydrogen (secondary N) is 2. The minimum absolute atomic E-state index is 0.122. The van der Waals surface area contributed by atoms with Crippen LogP contribution >= 0.6 is 11.6 Å². The molecule has 1 atom stereocenters. The van der Waals surface area contributed by atoms with Gasteiger partial charge in [-0.3, -0.25) is 4.79 Å². The average Bonchev–Trinajstić information content (AvgIpc) is 3.29. The summed E-state index contributed by atoms with van der Waals surface area (Å²) in [6, 6.07) is 13.5. The quantitative estimate of drug-likeness (QED) is 0.460. The topological polar surface area (TPSA) is 99.9 Å². The molecule has 1 saturated heterocycles. The Morgan fingerprint density at radius 2 is 2.10 bits per heavy atom. The van der Waals surface area contributed by atoms with Crippen LogP contribution in [0.25, 0.3) is 21.8 Å². The number of anilines is 1. The van der Waals surface area contributed by atoms with Crippen molar-refractivity contribution in [3.63, 3.8) is 0 Å². The summed E-state index contributed by atoms with van der Waals surface area (Å²) in [6.07, 6.45) is 2.24. The van der Waals surface area contributed by atoms with Crippen molar-refractivity contribution in [1.82, 2.24) is 25.2 Å². The first-order valence-corrected chi connectivity index (χ1v) is 10.2. The van der Waals surface area contributed by atoms with Crippen LogP contribution in [0.15, 0.2) is 48.8 Å². The molecule has 0 spiro atoms. The molecule has 1 unspecified atom stereocenters. The van der Waals surface area contributed by atoms with Crippen LogP contribution in [0.2, 0.25) is 5.02 Å². The number of hydrogen-bond donors (Lipinski definition) is 3. The molecule has 0 saturated carbocycles. The molecule has 7 nitrogen and oxygen atoms in total. The van der Waals surface area contributed by atoms with Crippen LogP contribution in [0.4, 0.5) is 5.82 Å². The van der Waals surface area contributed by atoms with E-state index in [0.717, 1.165) is 46.0 Å². The normalized spacial score (nSPS) is 16.8. The summed E-state index contributed by atoms with van der Waals surface area (Å²) < 4.78 is 0. The van der Waals surface area contributed by atoms with Gasteiger partial charge in [0, 0.05) is 46.6 Å². The number of fused-ring (bicyclic) bond motifs is 2. The highest BCUT2D eigenvalue weighted by Gasteiger charge is 2.31. The maximum Gasteiger partial charge on any atom is 0.240 e. The zero-order chi connectivity index (χ0) is 20.7. The number of benzene rings is 2. The molecule has 4 aromatic rings. The standard InChI is InChI=1S/C22H21ClN6O/c23-15-2-4-18-14(8-15)9-16(28-18)10-25-19-5-6-29(22(19)30)11-13-1-3-17-20(7-13)26-12-27-21(17)24/h1-4,7-9,12,19,25,28H,5-6,10-11H2,(H2,24,26,27). The van der Waals surface area contributed by atoms with E-state index in [-0.39, 0.29) is 11.9 Å². The van der Waals surface area contributed by atoms with Crippen molar-refractivity contribution in [1.29, 1.82) is 0 Å². The number of nitrogen functional groups attached to an aromatic ring is 1. The number of aromatic amines is 1. The first-order valence-electron chi connectivity index (χ1n) is 9.85. The highest BCUT2D eigenvalue weighted by atomic mass is 35.5. The molecule has 8 heteroatoms. The van der Waals surface area contributed by atoms with Crippen molar-refractivity contribution >= 4 is 45.1 Å². The van der Waals surface area contributed by atoms with E-state index >= 15 is 0 Å². The molecule has 0 aliphatic carbocycles. The number of halogens is 1. The average molecular weight is 421 g/mol. The van der Waals surface area contributed by atoms with Crippen molar-refractivity contribution in [2.75, 3.05) is 12.3 Å². The van der Waals surface area contributed by atoms with E-state index in [0.29, 0.717) is 23.9 Å². The van der Waals surface area contributed by atoms with Gasteiger partial charge in [0.25, 0.3) is 0 Å². The number of hydrogen-bond acceptors (Lipinski definition) is 5. The summed E-state index contributed by atoms with van der Waals surface area (Å²) in [4.78, 5) is 26.4. The molecule has 5 rings (SSSR count). The number of carbonyl (C=O) groups excluding carboxylic acids is 1. The van der Waals surface area contributed by atoms with E-state index in [1.165, 1.54) is 6.33 Å². The SMILES string of the molecule is Nc1ncnc2cc(CN3CCC(NCc4cc5cc(Cl)ccc5[nH]4)C3=O)ccc12. The highest BCUT2D eigenvalue weighted by Crippen LogP contribution is 2.22. The minimum atomic E-state index is -0.182. The number of nitrogens with zero attached hydrogens (tertiary/aromatic N) is 3. The fourth-order valence-electron chi connectivity index (χ4n) is 4.02. The molecule has 1 amide bonds. The third-order valence-corrected chi connectivity index (χ3v) is 5.82. The van der Waals surface area contributed by atoms with Gasteiger partial charge in [-0.05, 0) is 48.4 Å². The van der Waals surface area contributed by atoms with Crippen LogP contribution in [-0.4, -0.2) is 38.3 Å². The van der Waals surface area contributed by atoms with Gasteiger partial charge in [-0.1, -0.05) is 17.7 Å². The second-order valence-electron chi connectivity index (χ2n) is 7.62. The fraction of sp³-hybridized carbons (Fsp3) is 0.227. The van der Waals surface area contributed by atoms with Crippen LogP contribution < -0.4 is 11.1 Å². The lowest BCUT2D eigenvalue weighted by molar-refractivity contribution is -0.129. The smallest absolute Gasteiger partial charge is 0.240 e. The maximum atomic E-state index is 12.9. The molecule has 1 aliphatic rings. The minimum Gasteiger partial charge on any atom is -0.383 e. The molecule has 4 N–H and O–H groups in total. The summed E-state index contributed by atoms with van der Waals surface area (Å²) in [5, 5.41) is 5.99. The summed E-state index contributed by atoms with van der Waals surface area (Å²) in [5.41, 5.74) is 9.78. The van der Waals surface area contributed by atoms with Gasteiger partial charge < -0.3 is 20.9 Å². The van der Waals surface area contributed by atoms with Crippen molar-refractivity contribution in [2.45, 2.75) is 25.6 Å². The van der Waals surface area contributed by atoms with E-state index in [9.17, 15) is 4.79 Å². The molecule has 1 fully saturated rings. The Kier molecular flexibility index (Phi) is 4.77. The summed E-state index contributed by atoms with van der Waals surface area (Å²) in [6.45, 7) is 1.88. The molecule has 3 heterocycles. The number of H-pyrrole nitrogens is 1. The first kappa shape index (κ1) is 18.8. The van der Waals surface area contributed by atoms with Gasteiger partial charge in [0.2, 0.25) is 5.91 Å². The van der Waals surface area contributed by atoms with Crippen LogP contribution in [-0.2, 0) is 17.9 Å². The highest BCUT2D eigenvalue weighted by molar-refractivity contribution is 6.31. The first-order chi connectivity index (χ1) is 14.6. The Hall–Kier alpha value is -3.16. The molecule has 30 heavy (non-hydrogen) atoms. The van der Waals surface area contributed by atoms with Crippen LogP contribution in [0.5, 0.6) is 0 Å². The van der Waals surface area contributed by atoms with Crippen LogP contribution in [0.1, 0.15) is 17.7 Å². The number of amides is 1. The lowest BCUT2D eigenvalue weighted by Crippen LogP contribution is -2.37. The van der Waals surface area contributed by atoms with Crippen molar-refractivity contribution in [3.8, 4) is 0 Å².